The number of amidine groups is 1. The van der Waals surface area contributed by atoms with Gasteiger partial charge in [0.05, 0.1) is 42.9 Å². The lowest BCUT2D eigenvalue weighted by molar-refractivity contribution is -0.144. The van der Waals surface area contributed by atoms with Gasteiger partial charge in [0.1, 0.15) is 0 Å². The maximum Gasteiger partial charge on any atom is 0.416 e. The molecule has 2 unspecified atom stereocenters. The first-order valence-electron chi connectivity index (χ1n) is 16.1. The third kappa shape index (κ3) is 5.87. The molecule has 0 saturated carbocycles. The second kappa shape index (κ2) is 13.3. The number of methoxy groups -OCH3 is 1. The molecule has 6 rings (SSSR count). The number of esters is 3. The molecule has 0 aromatic heterocycles. The quantitative estimate of drug-likeness (QED) is 0.164. The number of halogens is 3. The van der Waals surface area contributed by atoms with Crippen LogP contribution >= 0.6 is 0 Å². The van der Waals surface area contributed by atoms with Crippen molar-refractivity contribution in [2.24, 2.45) is 4.99 Å². The second-order valence-electron chi connectivity index (χ2n) is 12.2. The highest BCUT2D eigenvalue weighted by molar-refractivity contribution is 7.96. The van der Waals surface area contributed by atoms with E-state index in [0.717, 1.165) is 29.1 Å². The number of sulfonamides is 1. The molecule has 11 nitrogen and oxygen atoms in total. The molecule has 3 aromatic rings. The number of hydrogen-bond acceptors (Lipinski definition) is 10. The van der Waals surface area contributed by atoms with Gasteiger partial charge < -0.3 is 23.7 Å². The van der Waals surface area contributed by atoms with E-state index < -0.39 is 63.2 Å². The summed E-state index contributed by atoms with van der Waals surface area (Å²) in [7, 11) is -3.48. The van der Waals surface area contributed by atoms with Crippen LogP contribution in [-0.2, 0) is 61.3 Å². The van der Waals surface area contributed by atoms with Gasteiger partial charge in [0.2, 0.25) is 0 Å². The number of para-hydroxylation sites is 1. The molecule has 0 amide bonds. The SMILES string of the molecule is CCOC(=O)C1=C(C(=O)OCC)C2N(Cc3ccc(C(F)(F)F)cc3)c3ccccc3[C@@]23C[C@@H](C(=O)OC)N([S+](=O)([O-])c2ccc(C)cc2)C3=N1. The number of carbonyl (C=O) groups excluding carboxylic acids is 3. The normalized spacial score (nSPS) is 22.0. The van der Waals surface area contributed by atoms with E-state index >= 15 is 0 Å². The van der Waals surface area contributed by atoms with Gasteiger partial charge in [-0.15, -0.1) is 0 Å². The number of benzene rings is 3. The van der Waals surface area contributed by atoms with E-state index in [-0.39, 0.29) is 42.5 Å². The predicted octanol–water partition coefficient (Wildman–Crippen LogP) is 5.28. The molecular formula is C36H34F3N3O8S. The van der Waals surface area contributed by atoms with Crippen LogP contribution in [0, 0.1) is 6.92 Å². The predicted molar refractivity (Wildman–Crippen MR) is 178 cm³/mol. The zero-order valence-corrected chi connectivity index (χ0v) is 28.9. The smallest absolute Gasteiger partial charge is 0.416 e. The lowest BCUT2D eigenvalue weighted by atomic mass is 9.69. The van der Waals surface area contributed by atoms with Crippen LogP contribution < -0.4 is 4.90 Å². The highest BCUT2D eigenvalue weighted by Crippen LogP contribution is 2.59. The summed E-state index contributed by atoms with van der Waals surface area (Å²) >= 11 is 0. The molecular weight excluding hydrogens is 691 g/mol. The average molecular weight is 726 g/mol. The number of aryl methyl sites for hydroxylation is 1. The van der Waals surface area contributed by atoms with Gasteiger partial charge >= 0.3 is 24.1 Å². The van der Waals surface area contributed by atoms with Crippen molar-refractivity contribution in [3.8, 4) is 0 Å². The third-order valence-corrected chi connectivity index (χ3v) is 11.1. The van der Waals surface area contributed by atoms with Crippen molar-refractivity contribution < 1.29 is 50.5 Å². The summed E-state index contributed by atoms with van der Waals surface area (Å²) < 4.78 is 86.5. The van der Waals surface area contributed by atoms with Crippen LogP contribution in [0.25, 0.3) is 0 Å². The minimum Gasteiger partial charge on any atom is -0.588 e. The highest BCUT2D eigenvalue weighted by atomic mass is 32.3. The Morgan fingerprint density at radius 3 is 2.20 bits per heavy atom. The summed E-state index contributed by atoms with van der Waals surface area (Å²) in [6, 6.07) is 14.5. The molecule has 3 aliphatic rings. The Kier molecular flexibility index (Phi) is 9.31. The fourth-order valence-electron chi connectivity index (χ4n) is 7.15. The zero-order valence-electron chi connectivity index (χ0n) is 28.1. The Hall–Kier alpha value is -5.02. The van der Waals surface area contributed by atoms with E-state index in [1.165, 1.54) is 24.3 Å². The molecule has 3 aromatic carbocycles. The molecule has 0 bridgehead atoms. The lowest BCUT2D eigenvalue weighted by Gasteiger charge is -2.41. The first kappa shape index (κ1) is 35.8. The summed E-state index contributed by atoms with van der Waals surface area (Å²) in [5, 5.41) is 0. The number of fused-ring (bicyclic) bond motifs is 1. The van der Waals surface area contributed by atoms with Crippen LogP contribution in [0.15, 0.2) is 94.0 Å². The van der Waals surface area contributed by atoms with Crippen LogP contribution in [0.2, 0.25) is 0 Å². The van der Waals surface area contributed by atoms with E-state index in [1.54, 1.807) is 62.1 Å². The minimum atomic E-state index is -4.60. The molecule has 51 heavy (non-hydrogen) atoms. The number of nitrogens with zero attached hydrogens (tertiary/aromatic N) is 3. The first-order valence-corrected chi connectivity index (χ1v) is 17.5. The van der Waals surface area contributed by atoms with E-state index in [2.05, 4.69) is 4.99 Å². The molecule has 4 atom stereocenters. The number of alkyl halides is 3. The summed E-state index contributed by atoms with van der Waals surface area (Å²) in [6.07, 6.45) is -4.85. The molecule has 1 fully saturated rings. The molecule has 268 valence electrons. The van der Waals surface area contributed by atoms with Crippen molar-refractivity contribution >= 4 is 39.8 Å². The standard InChI is InChI=1S/C36H34F3N3O8S/c1-5-49-32(44)28-29(33(45)50-6-2)40-34-35(19-27(31(43)48-4)42(34)51(46,47)24-17-11-21(3)12-18-24)25-9-7-8-10-26(25)41(30(28)35)20-22-13-15-23(16-14-22)36(37,38)39/h7-18,27,30H,5-6,19-20H2,1-4H3/t27-,30?,35-/m0/s1. The lowest BCUT2D eigenvalue weighted by Crippen LogP contribution is -2.56. The molecule has 3 aliphatic heterocycles. The fraction of sp³-hybridized carbons (Fsp3) is 0.333. The van der Waals surface area contributed by atoms with Crippen molar-refractivity contribution in [3.63, 3.8) is 0 Å². The maximum absolute atomic E-state index is 14.6. The number of anilines is 1. The summed E-state index contributed by atoms with van der Waals surface area (Å²) in [5.74, 6) is -3.11. The average Bonchev–Trinajstić information content (AvgIpc) is 3.59. The largest absolute Gasteiger partial charge is 0.588 e. The Morgan fingerprint density at radius 1 is 0.961 bits per heavy atom. The Morgan fingerprint density at radius 2 is 1.59 bits per heavy atom. The Balaban J connectivity index is 1.66. The van der Waals surface area contributed by atoms with Crippen molar-refractivity contribution in [3.05, 3.63) is 106 Å². The van der Waals surface area contributed by atoms with Crippen LogP contribution in [0.4, 0.5) is 18.9 Å². The summed E-state index contributed by atoms with van der Waals surface area (Å²) in [5.41, 5.74) is -1.08. The monoisotopic (exact) mass is 725 g/mol. The van der Waals surface area contributed by atoms with Crippen molar-refractivity contribution in [2.45, 2.75) is 62.3 Å². The molecule has 0 radical (unpaired) electrons. The van der Waals surface area contributed by atoms with E-state index in [4.69, 9.17) is 14.2 Å². The fourth-order valence-corrected chi connectivity index (χ4v) is 8.79. The molecule has 0 aliphatic carbocycles. The number of rotatable bonds is 9. The molecule has 3 heterocycles. The van der Waals surface area contributed by atoms with Gasteiger partial charge in [-0.3, -0.25) is 0 Å². The van der Waals surface area contributed by atoms with E-state index in [1.807, 2.05) is 0 Å². The molecule has 1 saturated heterocycles. The van der Waals surface area contributed by atoms with Crippen molar-refractivity contribution in [1.29, 1.82) is 0 Å². The first-order chi connectivity index (χ1) is 24.2. The summed E-state index contributed by atoms with van der Waals surface area (Å²) in [4.78, 5) is 47.5. The third-order valence-electron chi connectivity index (χ3n) is 9.27. The second-order valence-corrected chi connectivity index (χ2v) is 14.0. The van der Waals surface area contributed by atoms with Crippen LogP contribution in [0.5, 0.6) is 0 Å². The topological polar surface area (TPSA) is 138 Å². The van der Waals surface area contributed by atoms with Gasteiger partial charge in [0, 0.05) is 18.7 Å². The molecule has 0 N–H and O–H groups in total. The van der Waals surface area contributed by atoms with Gasteiger partial charge in [-0.2, -0.15) is 17.5 Å². The highest BCUT2D eigenvalue weighted by Gasteiger charge is 2.70. The van der Waals surface area contributed by atoms with Gasteiger partial charge in [0.25, 0.3) is 0 Å². The number of aliphatic imine (C=N–C) groups is 1. The van der Waals surface area contributed by atoms with Crippen molar-refractivity contribution in [1.82, 2.24) is 4.31 Å². The maximum atomic E-state index is 14.6. The minimum absolute atomic E-state index is 0.0958. The number of ether oxygens (including phenoxy) is 3. The Bertz CT molecular complexity index is 2000. The van der Waals surface area contributed by atoms with Crippen LogP contribution in [0.3, 0.4) is 0 Å². The Labute approximate surface area is 293 Å². The zero-order chi connectivity index (χ0) is 36.9. The van der Waals surface area contributed by atoms with E-state index in [0.29, 0.717) is 16.8 Å². The number of carbonyl (C=O) groups is 3. The number of hydrogen-bond donors (Lipinski definition) is 0. The molecule has 15 heteroatoms. The van der Waals surface area contributed by atoms with Crippen LogP contribution in [-0.4, -0.2) is 65.0 Å². The van der Waals surface area contributed by atoms with Gasteiger partial charge in [0.15, 0.2) is 32.9 Å². The summed E-state index contributed by atoms with van der Waals surface area (Å²) in [6.45, 7) is 4.58. The van der Waals surface area contributed by atoms with Gasteiger partial charge in [-0.05, 0) is 62.2 Å². The van der Waals surface area contributed by atoms with Gasteiger partial charge in [-0.1, -0.05) is 52.2 Å². The van der Waals surface area contributed by atoms with Crippen LogP contribution in [0.1, 0.15) is 42.5 Å². The van der Waals surface area contributed by atoms with Gasteiger partial charge in [-0.25, -0.2) is 19.4 Å². The van der Waals surface area contributed by atoms with E-state index in [9.17, 15) is 36.3 Å². The van der Waals surface area contributed by atoms with Crippen molar-refractivity contribution in [2.75, 3.05) is 25.2 Å². The molecule has 1 spiro atoms.